The topological polar surface area (TPSA) is 12.0 Å². The lowest BCUT2D eigenvalue weighted by molar-refractivity contribution is 0.424. The average Bonchev–Trinajstić information content (AvgIpc) is 2.22. The predicted octanol–water partition coefficient (Wildman–Crippen LogP) is 3.43. The van der Waals surface area contributed by atoms with Gasteiger partial charge >= 0.3 is 0 Å². The second kappa shape index (κ2) is 5.53. The third-order valence-electron chi connectivity index (χ3n) is 3.09. The third-order valence-corrected chi connectivity index (χ3v) is 3.51. The Morgan fingerprint density at radius 1 is 1.33 bits per heavy atom. The first-order valence-corrected chi connectivity index (χ1v) is 5.84. The number of benzene rings is 1. The lowest BCUT2D eigenvalue weighted by atomic mass is 9.94. The molecule has 0 saturated carbocycles. The Bertz CT molecular complexity index is 322. The molecule has 0 heterocycles. The van der Waals surface area contributed by atoms with Crippen molar-refractivity contribution >= 4 is 11.6 Å². The molecule has 2 atom stereocenters. The number of aryl methyl sites for hydroxylation is 1. The predicted molar refractivity (Wildman–Crippen MR) is 67.6 cm³/mol. The molecule has 0 amide bonds. The highest BCUT2D eigenvalue weighted by Gasteiger charge is 2.10. The van der Waals surface area contributed by atoms with Crippen LogP contribution in [0.15, 0.2) is 18.2 Å². The zero-order valence-electron chi connectivity index (χ0n) is 9.97. The second-order valence-corrected chi connectivity index (χ2v) is 4.75. The van der Waals surface area contributed by atoms with Gasteiger partial charge in [-0.05, 0) is 50.4 Å². The van der Waals surface area contributed by atoms with Gasteiger partial charge in [-0.15, -0.1) is 0 Å². The number of hydrogen-bond acceptors (Lipinski definition) is 1. The second-order valence-electron chi connectivity index (χ2n) is 4.34. The molecule has 84 valence electrons. The van der Waals surface area contributed by atoms with E-state index in [4.69, 9.17) is 11.6 Å². The minimum Gasteiger partial charge on any atom is -0.317 e. The van der Waals surface area contributed by atoms with Crippen molar-refractivity contribution in [1.29, 1.82) is 0 Å². The van der Waals surface area contributed by atoms with E-state index in [1.165, 1.54) is 11.1 Å². The molecule has 1 aromatic rings. The first-order valence-electron chi connectivity index (χ1n) is 5.47. The van der Waals surface area contributed by atoms with Gasteiger partial charge in [0, 0.05) is 11.1 Å². The minimum atomic E-state index is 0.543. The van der Waals surface area contributed by atoms with Gasteiger partial charge in [0.05, 0.1) is 0 Å². The maximum atomic E-state index is 5.99. The van der Waals surface area contributed by atoms with Crippen LogP contribution in [-0.2, 0) is 6.42 Å². The molecule has 2 unspecified atom stereocenters. The van der Waals surface area contributed by atoms with Crippen LogP contribution in [0.25, 0.3) is 0 Å². The summed E-state index contributed by atoms with van der Waals surface area (Å²) >= 11 is 5.99. The van der Waals surface area contributed by atoms with Crippen molar-refractivity contribution in [3.8, 4) is 0 Å². The number of halogens is 1. The molecular formula is C13H20ClN. The van der Waals surface area contributed by atoms with Gasteiger partial charge in [0.15, 0.2) is 0 Å². The third kappa shape index (κ3) is 3.51. The molecule has 15 heavy (non-hydrogen) atoms. The van der Waals surface area contributed by atoms with E-state index in [9.17, 15) is 0 Å². The van der Waals surface area contributed by atoms with Crippen molar-refractivity contribution in [3.63, 3.8) is 0 Å². The minimum absolute atomic E-state index is 0.543. The molecule has 1 nitrogen and oxygen atoms in total. The van der Waals surface area contributed by atoms with Crippen LogP contribution in [0.1, 0.15) is 25.0 Å². The van der Waals surface area contributed by atoms with Crippen LogP contribution < -0.4 is 5.32 Å². The summed E-state index contributed by atoms with van der Waals surface area (Å²) in [6.07, 6.45) is 1.10. The van der Waals surface area contributed by atoms with Gasteiger partial charge in [-0.3, -0.25) is 0 Å². The number of hydrogen-bond donors (Lipinski definition) is 1. The quantitative estimate of drug-likeness (QED) is 0.828. The Morgan fingerprint density at radius 3 is 2.53 bits per heavy atom. The Hall–Kier alpha value is -0.530. The lowest BCUT2D eigenvalue weighted by Gasteiger charge is -2.19. The molecule has 1 N–H and O–H groups in total. The maximum Gasteiger partial charge on any atom is 0.0435 e. The lowest BCUT2D eigenvalue weighted by Crippen LogP contribution is -2.29. The summed E-state index contributed by atoms with van der Waals surface area (Å²) in [7, 11) is 2.01. The molecule has 1 aromatic carbocycles. The highest BCUT2D eigenvalue weighted by atomic mass is 35.5. The SMILES string of the molecule is CNC(C)C(C)Cc1ccc(Cl)c(C)c1. The molecule has 0 aromatic heterocycles. The van der Waals surface area contributed by atoms with Crippen LogP contribution >= 0.6 is 11.6 Å². The van der Waals surface area contributed by atoms with E-state index in [0.717, 1.165) is 11.4 Å². The van der Waals surface area contributed by atoms with Crippen LogP contribution in [-0.4, -0.2) is 13.1 Å². The van der Waals surface area contributed by atoms with Crippen LogP contribution in [0, 0.1) is 12.8 Å². The van der Waals surface area contributed by atoms with E-state index in [1.54, 1.807) is 0 Å². The van der Waals surface area contributed by atoms with Crippen molar-refractivity contribution in [2.75, 3.05) is 7.05 Å². The Morgan fingerprint density at radius 2 is 2.00 bits per heavy atom. The Labute approximate surface area is 97.8 Å². The molecule has 0 aliphatic heterocycles. The zero-order valence-corrected chi connectivity index (χ0v) is 10.7. The molecule has 2 heteroatoms. The van der Waals surface area contributed by atoms with Crippen LogP contribution in [0.4, 0.5) is 0 Å². The molecule has 0 spiro atoms. The molecule has 0 radical (unpaired) electrons. The molecule has 1 rings (SSSR count). The van der Waals surface area contributed by atoms with Crippen molar-refractivity contribution < 1.29 is 0 Å². The van der Waals surface area contributed by atoms with Crippen LogP contribution in [0.2, 0.25) is 5.02 Å². The van der Waals surface area contributed by atoms with Gasteiger partial charge in [0.25, 0.3) is 0 Å². The molecule has 0 aliphatic carbocycles. The van der Waals surface area contributed by atoms with Gasteiger partial charge in [-0.1, -0.05) is 30.7 Å². The summed E-state index contributed by atoms with van der Waals surface area (Å²) in [5.74, 6) is 0.635. The normalized spacial score (nSPS) is 15.0. The molecular weight excluding hydrogens is 206 g/mol. The van der Waals surface area contributed by atoms with E-state index in [2.05, 4.69) is 38.2 Å². The summed E-state index contributed by atoms with van der Waals surface area (Å²) in [5, 5.41) is 4.14. The first-order chi connectivity index (χ1) is 7.04. The summed E-state index contributed by atoms with van der Waals surface area (Å²) in [6.45, 7) is 6.54. The van der Waals surface area contributed by atoms with Crippen molar-refractivity contribution in [3.05, 3.63) is 34.3 Å². The summed E-state index contributed by atoms with van der Waals surface area (Å²) in [4.78, 5) is 0. The van der Waals surface area contributed by atoms with E-state index >= 15 is 0 Å². The smallest absolute Gasteiger partial charge is 0.0435 e. The zero-order chi connectivity index (χ0) is 11.4. The number of rotatable bonds is 4. The standard InChI is InChI=1S/C13H20ClN/c1-9(11(3)15-4)7-12-5-6-13(14)10(2)8-12/h5-6,8-9,11,15H,7H2,1-4H3. The summed E-state index contributed by atoms with van der Waals surface area (Å²) in [5.41, 5.74) is 2.53. The molecule has 0 bridgehead atoms. The van der Waals surface area contributed by atoms with Crippen molar-refractivity contribution in [1.82, 2.24) is 5.32 Å². The fourth-order valence-corrected chi connectivity index (χ4v) is 1.78. The highest BCUT2D eigenvalue weighted by Crippen LogP contribution is 2.19. The van der Waals surface area contributed by atoms with Crippen LogP contribution in [0.3, 0.4) is 0 Å². The van der Waals surface area contributed by atoms with Gasteiger partial charge in [-0.25, -0.2) is 0 Å². The largest absolute Gasteiger partial charge is 0.317 e. The number of nitrogens with one attached hydrogen (secondary N) is 1. The first kappa shape index (κ1) is 12.5. The van der Waals surface area contributed by atoms with Crippen molar-refractivity contribution in [2.24, 2.45) is 5.92 Å². The average molecular weight is 226 g/mol. The Kier molecular flexibility index (Phi) is 4.62. The van der Waals surface area contributed by atoms with Crippen LogP contribution in [0.5, 0.6) is 0 Å². The van der Waals surface area contributed by atoms with Gasteiger partial charge < -0.3 is 5.32 Å². The van der Waals surface area contributed by atoms with Gasteiger partial charge in [0.2, 0.25) is 0 Å². The van der Waals surface area contributed by atoms with Crippen molar-refractivity contribution in [2.45, 2.75) is 33.2 Å². The van der Waals surface area contributed by atoms with E-state index in [-0.39, 0.29) is 0 Å². The van der Waals surface area contributed by atoms with Gasteiger partial charge in [0.1, 0.15) is 0 Å². The van der Waals surface area contributed by atoms with E-state index < -0.39 is 0 Å². The van der Waals surface area contributed by atoms with Gasteiger partial charge in [-0.2, -0.15) is 0 Å². The summed E-state index contributed by atoms with van der Waals surface area (Å²) < 4.78 is 0. The van der Waals surface area contributed by atoms with E-state index in [1.807, 2.05) is 13.1 Å². The fraction of sp³-hybridized carbons (Fsp3) is 0.538. The fourth-order valence-electron chi connectivity index (χ4n) is 1.67. The molecule has 0 saturated heterocycles. The Balaban J connectivity index is 2.68. The monoisotopic (exact) mass is 225 g/mol. The molecule has 0 aliphatic rings. The highest BCUT2D eigenvalue weighted by molar-refractivity contribution is 6.31. The summed E-state index contributed by atoms with van der Waals surface area (Å²) in [6, 6.07) is 6.83. The molecule has 0 fully saturated rings. The van der Waals surface area contributed by atoms with E-state index in [0.29, 0.717) is 12.0 Å². The maximum absolute atomic E-state index is 5.99.